The van der Waals surface area contributed by atoms with E-state index in [2.05, 4.69) is 19.6 Å². The molecule has 45 heavy (non-hydrogen) atoms. The molecular formula is C34H43N5O5Si. The first-order chi connectivity index (χ1) is 21.4. The summed E-state index contributed by atoms with van der Waals surface area (Å²) in [7, 11) is -1.28. The van der Waals surface area contributed by atoms with Gasteiger partial charge in [-0.25, -0.2) is 14.8 Å². The predicted molar refractivity (Wildman–Crippen MR) is 178 cm³/mol. The van der Waals surface area contributed by atoms with Gasteiger partial charge in [-0.2, -0.15) is 0 Å². The van der Waals surface area contributed by atoms with Crippen LogP contribution in [-0.2, 0) is 27.6 Å². The van der Waals surface area contributed by atoms with Crippen LogP contribution in [0.1, 0.15) is 26.3 Å². The summed E-state index contributed by atoms with van der Waals surface area (Å²) >= 11 is 0. The molecule has 238 valence electrons. The van der Waals surface area contributed by atoms with Crippen molar-refractivity contribution in [2.45, 2.75) is 65.4 Å². The van der Waals surface area contributed by atoms with Gasteiger partial charge in [0.05, 0.1) is 0 Å². The first-order valence-electron chi connectivity index (χ1n) is 15.4. The molecule has 0 spiro atoms. The Kier molecular flexibility index (Phi) is 9.59. The minimum atomic E-state index is -1.28. The molecule has 0 radical (unpaired) electrons. The van der Waals surface area contributed by atoms with Gasteiger partial charge in [0.25, 0.3) is 0 Å². The SMILES string of the molecule is CC(C)(C)OC(=O)N1CCN(c2ccc3nc(-c4ccc(OCc5ccccc5)cc4)n(COCC[Si](C)(C)C)c3n2)C(=O)C1. The second-order valence-electron chi connectivity index (χ2n) is 13.5. The van der Waals surface area contributed by atoms with Crippen LogP contribution in [0.3, 0.4) is 0 Å². The number of ether oxygens (including phenoxy) is 3. The predicted octanol–water partition coefficient (Wildman–Crippen LogP) is 6.57. The molecule has 2 aromatic carbocycles. The molecule has 1 saturated heterocycles. The lowest BCUT2D eigenvalue weighted by molar-refractivity contribution is -0.121. The first-order valence-corrected chi connectivity index (χ1v) is 19.1. The molecule has 4 aromatic rings. The zero-order valence-corrected chi connectivity index (χ0v) is 28.1. The van der Waals surface area contributed by atoms with Gasteiger partial charge in [0.15, 0.2) is 5.65 Å². The maximum atomic E-state index is 13.2. The number of aromatic nitrogens is 3. The number of carbonyl (C=O) groups is 2. The number of fused-ring (bicyclic) bond motifs is 1. The Hall–Kier alpha value is -4.22. The fraction of sp³-hybridized carbons (Fsp3) is 0.412. The largest absolute Gasteiger partial charge is 0.489 e. The molecule has 0 aliphatic carbocycles. The van der Waals surface area contributed by atoms with Crippen molar-refractivity contribution < 1.29 is 23.8 Å². The van der Waals surface area contributed by atoms with Gasteiger partial charge in [-0.15, -0.1) is 0 Å². The molecule has 1 aliphatic heterocycles. The van der Waals surface area contributed by atoms with Gasteiger partial charge < -0.3 is 14.2 Å². The summed E-state index contributed by atoms with van der Waals surface area (Å²) in [6.45, 7) is 14.4. The van der Waals surface area contributed by atoms with Gasteiger partial charge >= 0.3 is 6.09 Å². The number of carbonyl (C=O) groups excluding carboxylic acids is 2. The first kappa shape index (κ1) is 32.2. The lowest BCUT2D eigenvalue weighted by Crippen LogP contribution is -2.53. The summed E-state index contributed by atoms with van der Waals surface area (Å²) in [5, 5.41) is 0. The molecule has 5 rings (SSSR count). The van der Waals surface area contributed by atoms with Crippen molar-refractivity contribution in [2.24, 2.45) is 0 Å². The van der Waals surface area contributed by atoms with Crippen molar-refractivity contribution in [1.29, 1.82) is 0 Å². The van der Waals surface area contributed by atoms with Crippen molar-refractivity contribution in [2.75, 3.05) is 31.1 Å². The highest BCUT2D eigenvalue weighted by Crippen LogP contribution is 2.28. The zero-order valence-electron chi connectivity index (χ0n) is 27.1. The minimum absolute atomic E-state index is 0.0718. The number of hydrogen-bond acceptors (Lipinski definition) is 7. The van der Waals surface area contributed by atoms with Crippen LogP contribution in [0, 0.1) is 0 Å². The number of pyridine rings is 1. The van der Waals surface area contributed by atoms with E-state index in [-0.39, 0.29) is 19.2 Å². The molecular weight excluding hydrogens is 586 g/mol. The smallest absolute Gasteiger partial charge is 0.410 e. The second kappa shape index (κ2) is 13.4. The number of anilines is 1. The highest BCUT2D eigenvalue weighted by Gasteiger charge is 2.32. The number of amides is 2. The molecule has 0 saturated carbocycles. The van der Waals surface area contributed by atoms with E-state index in [0.717, 1.165) is 28.7 Å². The van der Waals surface area contributed by atoms with E-state index in [1.807, 2.05) is 86.0 Å². The Labute approximate surface area is 265 Å². The van der Waals surface area contributed by atoms with Crippen LogP contribution >= 0.6 is 0 Å². The summed E-state index contributed by atoms with van der Waals surface area (Å²) in [4.78, 5) is 38.6. The van der Waals surface area contributed by atoms with Crippen LogP contribution in [0.2, 0.25) is 25.7 Å². The zero-order chi connectivity index (χ0) is 32.2. The van der Waals surface area contributed by atoms with E-state index in [4.69, 9.17) is 24.2 Å². The van der Waals surface area contributed by atoms with Crippen LogP contribution in [0.5, 0.6) is 5.75 Å². The van der Waals surface area contributed by atoms with Crippen molar-refractivity contribution >= 4 is 37.1 Å². The van der Waals surface area contributed by atoms with Gasteiger partial charge in [-0.05, 0) is 68.8 Å². The molecule has 1 aliphatic rings. The maximum Gasteiger partial charge on any atom is 0.410 e. The Morgan fingerprint density at radius 2 is 1.67 bits per heavy atom. The Morgan fingerprint density at radius 3 is 2.33 bits per heavy atom. The van der Waals surface area contributed by atoms with Crippen molar-refractivity contribution in [1.82, 2.24) is 19.4 Å². The number of imidazole rings is 1. The van der Waals surface area contributed by atoms with E-state index in [9.17, 15) is 9.59 Å². The molecule has 0 atom stereocenters. The Bertz CT molecular complexity index is 1630. The monoisotopic (exact) mass is 629 g/mol. The fourth-order valence-corrected chi connectivity index (χ4v) is 5.61. The number of nitrogens with zero attached hydrogens (tertiary/aromatic N) is 5. The maximum absolute atomic E-state index is 13.2. The standard InChI is InChI=1S/C34H43N5O5Si/c1-34(2,3)44-33(41)37-18-19-38(30(40)22-37)29-17-16-28-32(36-29)39(24-42-20-21-45(4,5)6)31(35-28)26-12-14-27(15-13-26)43-23-25-10-8-7-9-11-25/h7-17H,18-24H2,1-6H3. The highest BCUT2D eigenvalue weighted by atomic mass is 28.3. The quantitative estimate of drug-likeness (QED) is 0.144. The molecule has 0 N–H and O–H groups in total. The van der Waals surface area contributed by atoms with Crippen molar-refractivity contribution in [3.05, 3.63) is 72.3 Å². The average Bonchev–Trinajstić information content (AvgIpc) is 3.35. The van der Waals surface area contributed by atoms with Crippen molar-refractivity contribution in [3.63, 3.8) is 0 Å². The summed E-state index contributed by atoms with van der Waals surface area (Å²) in [6.07, 6.45) is -0.492. The van der Waals surface area contributed by atoms with Crippen molar-refractivity contribution in [3.8, 4) is 17.1 Å². The normalized spacial score (nSPS) is 14.2. The van der Waals surface area contributed by atoms with E-state index in [1.54, 1.807) is 11.0 Å². The van der Waals surface area contributed by atoms with E-state index >= 15 is 0 Å². The van der Waals surface area contributed by atoms with Gasteiger partial charge in [-0.3, -0.25) is 19.2 Å². The molecule has 1 fully saturated rings. The topological polar surface area (TPSA) is 99.0 Å². The average molecular weight is 630 g/mol. The highest BCUT2D eigenvalue weighted by molar-refractivity contribution is 6.76. The van der Waals surface area contributed by atoms with Crippen LogP contribution in [0.15, 0.2) is 66.7 Å². The number of piperazine rings is 1. The summed E-state index contributed by atoms with van der Waals surface area (Å²) in [6, 6.07) is 22.6. The molecule has 2 aromatic heterocycles. The summed E-state index contributed by atoms with van der Waals surface area (Å²) < 4.78 is 19.6. The number of rotatable bonds is 10. The molecule has 11 heteroatoms. The van der Waals surface area contributed by atoms with E-state index in [1.165, 1.54) is 4.90 Å². The molecule has 0 bridgehead atoms. The van der Waals surface area contributed by atoms with E-state index in [0.29, 0.717) is 43.3 Å². The number of benzene rings is 2. The molecule has 10 nitrogen and oxygen atoms in total. The molecule has 3 heterocycles. The third-order valence-corrected chi connectivity index (χ3v) is 9.01. The lowest BCUT2D eigenvalue weighted by atomic mass is 10.2. The fourth-order valence-electron chi connectivity index (χ4n) is 4.86. The third-order valence-electron chi connectivity index (χ3n) is 7.30. The van der Waals surface area contributed by atoms with Crippen LogP contribution in [0.25, 0.3) is 22.6 Å². The minimum Gasteiger partial charge on any atom is -0.489 e. The lowest BCUT2D eigenvalue weighted by Gasteiger charge is -2.34. The Balaban J connectivity index is 1.38. The summed E-state index contributed by atoms with van der Waals surface area (Å²) in [5.74, 6) is 1.78. The van der Waals surface area contributed by atoms with Crippen LogP contribution in [-0.4, -0.2) is 71.4 Å². The van der Waals surface area contributed by atoms with Gasteiger partial charge in [0, 0.05) is 33.3 Å². The van der Waals surface area contributed by atoms with Gasteiger partial charge in [0.1, 0.15) is 48.4 Å². The molecule has 0 unspecified atom stereocenters. The summed E-state index contributed by atoms with van der Waals surface area (Å²) in [5.41, 5.74) is 2.70. The van der Waals surface area contributed by atoms with E-state index < -0.39 is 19.8 Å². The van der Waals surface area contributed by atoms with Gasteiger partial charge in [-0.1, -0.05) is 50.0 Å². The Morgan fingerprint density at radius 1 is 0.933 bits per heavy atom. The third kappa shape index (κ3) is 8.49. The number of hydrogen-bond donors (Lipinski definition) is 0. The van der Waals surface area contributed by atoms with Gasteiger partial charge in [0.2, 0.25) is 5.91 Å². The molecule has 2 amide bonds. The van der Waals surface area contributed by atoms with Crippen LogP contribution in [0.4, 0.5) is 10.6 Å². The van der Waals surface area contributed by atoms with Crippen LogP contribution < -0.4 is 9.64 Å². The second-order valence-corrected chi connectivity index (χ2v) is 19.1.